The van der Waals surface area contributed by atoms with Gasteiger partial charge in [0.1, 0.15) is 23.1 Å². The van der Waals surface area contributed by atoms with Crippen LogP contribution in [-0.4, -0.2) is 9.97 Å². The zero-order valence-corrected chi connectivity index (χ0v) is 10.9. The minimum absolute atomic E-state index is 0.239. The van der Waals surface area contributed by atoms with Gasteiger partial charge in [-0.05, 0) is 24.6 Å². The molecule has 0 atom stereocenters. The van der Waals surface area contributed by atoms with E-state index in [2.05, 4.69) is 15.3 Å². The van der Waals surface area contributed by atoms with Gasteiger partial charge in [0.05, 0.1) is 17.3 Å². The monoisotopic (exact) mass is 276 g/mol. The van der Waals surface area contributed by atoms with Crippen LogP contribution in [0, 0.1) is 17.1 Å². The fraction of sp³-hybridized carbons (Fsp3) is 0.154. The van der Waals surface area contributed by atoms with Gasteiger partial charge in [0, 0.05) is 5.56 Å². The van der Waals surface area contributed by atoms with Crippen molar-refractivity contribution in [2.24, 2.45) is 0 Å². The van der Waals surface area contributed by atoms with Gasteiger partial charge < -0.3 is 5.32 Å². The standard InChI is InChI=1S/C13H10ClFN4/c1-2-9-12(14)17-7-18-13(9)19-11-4-3-8(6-16)5-10(11)15/h3-5,7H,2H2,1H3,(H,17,18,19). The lowest BCUT2D eigenvalue weighted by Gasteiger charge is -2.11. The molecule has 96 valence electrons. The molecule has 1 aromatic carbocycles. The van der Waals surface area contributed by atoms with E-state index in [4.69, 9.17) is 16.9 Å². The lowest BCUT2D eigenvalue weighted by Crippen LogP contribution is -2.02. The Morgan fingerprint density at radius 1 is 1.42 bits per heavy atom. The lowest BCUT2D eigenvalue weighted by atomic mass is 10.2. The Bertz CT molecular complexity index is 652. The molecule has 0 radical (unpaired) electrons. The summed E-state index contributed by atoms with van der Waals surface area (Å²) < 4.78 is 13.8. The van der Waals surface area contributed by atoms with Crippen molar-refractivity contribution in [2.45, 2.75) is 13.3 Å². The van der Waals surface area contributed by atoms with Crippen LogP contribution < -0.4 is 5.32 Å². The average Bonchev–Trinajstić information content (AvgIpc) is 2.41. The zero-order valence-electron chi connectivity index (χ0n) is 10.1. The molecule has 0 spiro atoms. The topological polar surface area (TPSA) is 61.6 Å². The third-order valence-electron chi connectivity index (χ3n) is 2.60. The van der Waals surface area contributed by atoms with E-state index in [9.17, 15) is 4.39 Å². The Labute approximate surface area is 114 Å². The van der Waals surface area contributed by atoms with Gasteiger partial charge in [-0.2, -0.15) is 5.26 Å². The minimum Gasteiger partial charge on any atom is -0.337 e. The number of nitrogens with zero attached hydrogens (tertiary/aromatic N) is 3. The maximum atomic E-state index is 13.8. The van der Waals surface area contributed by atoms with Crippen molar-refractivity contribution in [3.8, 4) is 6.07 Å². The van der Waals surface area contributed by atoms with Crippen LogP contribution in [0.5, 0.6) is 0 Å². The minimum atomic E-state index is -0.518. The quantitative estimate of drug-likeness (QED) is 0.872. The predicted octanol–water partition coefficient (Wildman–Crippen LogP) is 3.45. The highest BCUT2D eigenvalue weighted by Crippen LogP contribution is 2.25. The Morgan fingerprint density at radius 3 is 2.84 bits per heavy atom. The fourth-order valence-corrected chi connectivity index (χ4v) is 1.89. The molecule has 0 saturated heterocycles. The first-order valence-corrected chi connectivity index (χ1v) is 5.99. The molecule has 4 nitrogen and oxygen atoms in total. The Hall–Kier alpha value is -2.19. The maximum Gasteiger partial charge on any atom is 0.147 e. The number of aromatic nitrogens is 2. The fourth-order valence-electron chi connectivity index (χ4n) is 1.63. The molecule has 1 heterocycles. The number of hydrogen-bond donors (Lipinski definition) is 1. The molecule has 2 rings (SSSR count). The molecule has 0 saturated carbocycles. The Balaban J connectivity index is 2.37. The number of rotatable bonds is 3. The Morgan fingerprint density at radius 2 is 2.21 bits per heavy atom. The van der Waals surface area contributed by atoms with Crippen molar-refractivity contribution in [1.82, 2.24) is 9.97 Å². The largest absolute Gasteiger partial charge is 0.337 e. The summed E-state index contributed by atoms with van der Waals surface area (Å²) >= 11 is 5.96. The maximum absolute atomic E-state index is 13.8. The first kappa shape index (κ1) is 13.2. The first-order valence-electron chi connectivity index (χ1n) is 5.61. The lowest BCUT2D eigenvalue weighted by molar-refractivity contribution is 0.631. The van der Waals surface area contributed by atoms with Crippen molar-refractivity contribution in [3.63, 3.8) is 0 Å². The number of nitriles is 1. The molecule has 0 amide bonds. The molecule has 0 unspecified atom stereocenters. The molecule has 2 aromatic rings. The third kappa shape index (κ3) is 2.80. The highest BCUT2D eigenvalue weighted by Gasteiger charge is 2.10. The molecule has 0 aliphatic carbocycles. The summed E-state index contributed by atoms with van der Waals surface area (Å²) in [7, 11) is 0. The summed E-state index contributed by atoms with van der Waals surface area (Å²) in [5, 5.41) is 11.9. The van der Waals surface area contributed by atoms with Crippen LogP contribution in [0.2, 0.25) is 5.15 Å². The van der Waals surface area contributed by atoms with Crippen molar-refractivity contribution < 1.29 is 4.39 Å². The summed E-state index contributed by atoms with van der Waals surface area (Å²) in [6.45, 7) is 1.91. The molecule has 19 heavy (non-hydrogen) atoms. The summed E-state index contributed by atoms with van der Waals surface area (Å²) in [4.78, 5) is 7.93. The van der Waals surface area contributed by atoms with Crippen LogP contribution in [0.1, 0.15) is 18.1 Å². The van der Waals surface area contributed by atoms with E-state index in [1.54, 1.807) is 0 Å². The van der Waals surface area contributed by atoms with E-state index in [1.807, 2.05) is 13.0 Å². The van der Waals surface area contributed by atoms with Gasteiger partial charge in [-0.1, -0.05) is 18.5 Å². The van der Waals surface area contributed by atoms with Crippen LogP contribution in [0.4, 0.5) is 15.9 Å². The predicted molar refractivity (Wildman–Crippen MR) is 70.8 cm³/mol. The average molecular weight is 277 g/mol. The van der Waals surface area contributed by atoms with E-state index in [1.165, 1.54) is 18.5 Å². The van der Waals surface area contributed by atoms with E-state index in [0.29, 0.717) is 23.0 Å². The van der Waals surface area contributed by atoms with Gasteiger partial charge >= 0.3 is 0 Å². The van der Waals surface area contributed by atoms with Crippen LogP contribution in [-0.2, 0) is 6.42 Å². The number of halogens is 2. The van der Waals surface area contributed by atoms with Crippen molar-refractivity contribution >= 4 is 23.1 Å². The summed E-state index contributed by atoms with van der Waals surface area (Å²) in [6, 6.07) is 6.06. The molecular formula is C13H10ClFN4. The Kier molecular flexibility index (Phi) is 3.93. The summed E-state index contributed by atoms with van der Waals surface area (Å²) in [6.07, 6.45) is 1.94. The normalized spacial score (nSPS) is 10.0. The number of hydrogen-bond acceptors (Lipinski definition) is 4. The molecule has 0 aliphatic rings. The first-order chi connectivity index (χ1) is 9.15. The van der Waals surface area contributed by atoms with E-state index >= 15 is 0 Å². The van der Waals surface area contributed by atoms with E-state index < -0.39 is 5.82 Å². The number of nitrogens with one attached hydrogen (secondary N) is 1. The van der Waals surface area contributed by atoms with Crippen LogP contribution in [0.25, 0.3) is 0 Å². The second-order valence-electron chi connectivity index (χ2n) is 3.78. The number of anilines is 2. The van der Waals surface area contributed by atoms with Gasteiger partial charge in [0.2, 0.25) is 0 Å². The van der Waals surface area contributed by atoms with Gasteiger partial charge in [0.25, 0.3) is 0 Å². The molecular weight excluding hydrogens is 267 g/mol. The molecule has 1 aromatic heterocycles. The molecule has 0 bridgehead atoms. The number of benzene rings is 1. The highest BCUT2D eigenvalue weighted by molar-refractivity contribution is 6.30. The van der Waals surface area contributed by atoms with E-state index in [0.717, 1.165) is 6.07 Å². The molecule has 1 N–H and O–H groups in total. The summed E-state index contributed by atoms with van der Waals surface area (Å²) in [5.41, 5.74) is 1.22. The van der Waals surface area contributed by atoms with Crippen molar-refractivity contribution in [2.75, 3.05) is 5.32 Å². The second kappa shape index (κ2) is 5.63. The SMILES string of the molecule is CCc1c(Cl)ncnc1Nc1ccc(C#N)cc1F. The second-order valence-corrected chi connectivity index (χ2v) is 4.13. The highest BCUT2D eigenvalue weighted by atomic mass is 35.5. The van der Waals surface area contributed by atoms with Gasteiger partial charge in [-0.15, -0.1) is 0 Å². The third-order valence-corrected chi connectivity index (χ3v) is 2.92. The summed E-state index contributed by atoms with van der Waals surface area (Å²) in [5.74, 6) is -0.0538. The van der Waals surface area contributed by atoms with Gasteiger partial charge in [-0.3, -0.25) is 0 Å². The molecule has 6 heteroatoms. The van der Waals surface area contributed by atoms with Crippen molar-refractivity contribution in [1.29, 1.82) is 5.26 Å². The zero-order chi connectivity index (χ0) is 13.8. The van der Waals surface area contributed by atoms with Gasteiger partial charge in [0.15, 0.2) is 0 Å². The van der Waals surface area contributed by atoms with Crippen LogP contribution >= 0.6 is 11.6 Å². The molecule has 0 fully saturated rings. The van der Waals surface area contributed by atoms with E-state index in [-0.39, 0.29) is 11.3 Å². The van der Waals surface area contributed by atoms with Gasteiger partial charge in [-0.25, -0.2) is 14.4 Å². The smallest absolute Gasteiger partial charge is 0.147 e. The van der Waals surface area contributed by atoms with Crippen molar-refractivity contribution in [3.05, 3.63) is 46.6 Å². The van der Waals surface area contributed by atoms with Crippen LogP contribution in [0.15, 0.2) is 24.5 Å². The van der Waals surface area contributed by atoms with Crippen LogP contribution in [0.3, 0.4) is 0 Å². The molecule has 0 aliphatic heterocycles.